The SMILES string of the molecule is O=C(NC1CCCCC1Br)c1csc2ccccc12. The predicted octanol–water partition coefficient (Wildman–Crippen LogP) is 4.34. The van der Waals surface area contributed by atoms with Gasteiger partial charge in [-0.15, -0.1) is 11.3 Å². The van der Waals surface area contributed by atoms with Crippen molar-refractivity contribution in [2.45, 2.75) is 36.6 Å². The van der Waals surface area contributed by atoms with Crippen LogP contribution in [0.15, 0.2) is 29.6 Å². The molecule has 2 nitrogen and oxygen atoms in total. The van der Waals surface area contributed by atoms with Gasteiger partial charge in [0.25, 0.3) is 5.91 Å². The average Bonchev–Trinajstić information content (AvgIpc) is 2.85. The number of halogens is 1. The van der Waals surface area contributed by atoms with Gasteiger partial charge in [0.05, 0.1) is 5.56 Å². The molecule has 1 aliphatic carbocycles. The number of benzene rings is 1. The number of amides is 1. The Morgan fingerprint density at radius 2 is 2.05 bits per heavy atom. The summed E-state index contributed by atoms with van der Waals surface area (Å²) >= 11 is 5.32. The number of carbonyl (C=O) groups excluding carboxylic acids is 1. The van der Waals surface area contributed by atoms with Crippen LogP contribution in [0.5, 0.6) is 0 Å². The molecule has 19 heavy (non-hydrogen) atoms. The number of nitrogens with one attached hydrogen (secondary N) is 1. The Bertz CT molecular complexity index is 595. The van der Waals surface area contributed by atoms with Crippen LogP contribution < -0.4 is 5.32 Å². The fraction of sp³-hybridized carbons (Fsp3) is 0.400. The molecule has 100 valence electrons. The van der Waals surface area contributed by atoms with Crippen molar-refractivity contribution in [3.8, 4) is 0 Å². The molecule has 1 N–H and O–H groups in total. The number of hydrogen-bond donors (Lipinski definition) is 1. The van der Waals surface area contributed by atoms with Crippen LogP contribution in [-0.2, 0) is 0 Å². The molecule has 2 unspecified atom stereocenters. The zero-order valence-electron chi connectivity index (χ0n) is 10.6. The summed E-state index contributed by atoms with van der Waals surface area (Å²) in [6.45, 7) is 0. The molecule has 0 spiro atoms. The fourth-order valence-corrected chi connectivity index (χ4v) is 4.31. The molecule has 1 amide bonds. The van der Waals surface area contributed by atoms with Crippen LogP contribution in [0, 0.1) is 0 Å². The number of alkyl halides is 1. The third-order valence-electron chi connectivity index (χ3n) is 3.72. The summed E-state index contributed by atoms with van der Waals surface area (Å²) in [4.78, 5) is 12.8. The molecule has 4 heteroatoms. The average molecular weight is 338 g/mol. The van der Waals surface area contributed by atoms with E-state index in [1.807, 2.05) is 23.6 Å². The van der Waals surface area contributed by atoms with Crippen LogP contribution in [-0.4, -0.2) is 16.8 Å². The second-order valence-electron chi connectivity index (χ2n) is 5.03. The summed E-state index contributed by atoms with van der Waals surface area (Å²) in [5.41, 5.74) is 0.811. The molecular weight excluding hydrogens is 322 g/mol. The Morgan fingerprint density at radius 3 is 2.89 bits per heavy atom. The molecule has 1 aromatic carbocycles. The smallest absolute Gasteiger partial charge is 0.253 e. The van der Waals surface area contributed by atoms with Crippen molar-refractivity contribution in [1.82, 2.24) is 5.32 Å². The highest BCUT2D eigenvalue weighted by molar-refractivity contribution is 9.09. The number of hydrogen-bond acceptors (Lipinski definition) is 2. The maximum Gasteiger partial charge on any atom is 0.253 e. The Kier molecular flexibility index (Phi) is 3.89. The van der Waals surface area contributed by atoms with E-state index in [2.05, 4.69) is 27.3 Å². The lowest BCUT2D eigenvalue weighted by Gasteiger charge is -2.28. The van der Waals surface area contributed by atoms with E-state index in [1.54, 1.807) is 11.3 Å². The lowest BCUT2D eigenvalue weighted by molar-refractivity contribution is 0.0932. The fourth-order valence-electron chi connectivity index (χ4n) is 2.65. The predicted molar refractivity (Wildman–Crippen MR) is 84.3 cm³/mol. The normalized spacial score (nSPS) is 23.4. The number of carbonyl (C=O) groups is 1. The quantitative estimate of drug-likeness (QED) is 0.811. The maximum atomic E-state index is 12.4. The molecule has 1 aliphatic rings. The van der Waals surface area contributed by atoms with Crippen LogP contribution in [0.25, 0.3) is 10.1 Å². The summed E-state index contributed by atoms with van der Waals surface area (Å²) in [7, 11) is 0. The summed E-state index contributed by atoms with van der Waals surface area (Å²) in [6.07, 6.45) is 4.68. The van der Waals surface area contributed by atoms with E-state index in [1.165, 1.54) is 17.5 Å². The lowest BCUT2D eigenvalue weighted by atomic mass is 9.95. The summed E-state index contributed by atoms with van der Waals surface area (Å²) in [5.74, 6) is 0.0637. The maximum absolute atomic E-state index is 12.4. The van der Waals surface area contributed by atoms with Gasteiger partial charge in [-0.25, -0.2) is 0 Å². The second kappa shape index (κ2) is 5.63. The van der Waals surface area contributed by atoms with Gasteiger partial charge in [0.15, 0.2) is 0 Å². The third-order valence-corrected chi connectivity index (χ3v) is 5.78. The van der Waals surface area contributed by atoms with Crippen molar-refractivity contribution in [3.63, 3.8) is 0 Å². The largest absolute Gasteiger partial charge is 0.348 e. The standard InChI is InChI=1S/C15H16BrNOS/c16-12-6-2-3-7-13(12)17-15(18)11-9-19-14-8-4-1-5-10(11)14/h1,4-5,8-9,12-13H,2-3,6-7H2,(H,17,18). The van der Waals surface area contributed by atoms with Gasteiger partial charge in [-0.2, -0.15) is 0 Å². The highest BCUT2D eigenvalue weighted by atomic mass is 79.9. The van der Waals surface area contributed by atoms with E-state index in [0.29, 0.717) is 4.83 Å². The number of fused-ring (bicyclic) bond motifs is 1. The molecule has 2 aromatic rings. The molecule has 0 bridgehead atoms. The van der Waals surface area contributed by atoms with Gasteiger partial charge in [-0.1, -0.05) is 47.0 Å². The van der Waals surface area contributed by atoms with Crippen molar-refractivity contribution in [3.05, 3.63) is 35.2 Å². The molecule has 1 fully saturated rings. The van der Waals surface area contributed by atoms with E-state index >= 15 is 0 Å². The van der Waals surface area contributed by atoms with Crippen molar-refractivity contribution in [2.24, 2.45) is 0 Å². The second-order valence-corrected chi connectivity index (χ2v) is 7.11. The van der Waals surface area contributed by atoms with E-state index in [9.17, 15) is 4.79 Å². The first-order valence-electron chi connectivity index (χ1n) is 6.67. The van der Waals surface area contributed by atoms with Crippen LogP contribution in [0.1, 0.15) is 36.0 Å². The molecule has 0 aliphatic heterocycles. The molecule has 0 saturated heterocycles. The molecule has 0 radical (unpaired) electrons. The van der Waals surface area contributed by atoms with Crippen LogP contribution in [0.3, 0.4) is 0 Å². The van der Waals surface area contributed by atoms with Gasteiger partial charge in [0, 0.05) is 26.3 Å². The Morgan fingerprint density at radius 1 is 1.26 bits per heavy atom. The van der Waals surface area contributed by atoms with Gasteiger partial charge >= 0.3 is 0 Å². The third kappa shape index (κ3) is 2.70. The number of thiophene rings is 1. The summed E-state index contributed by atoms with van der Waals surface area (Å²) < 4.78 is 1.17. The first-order chi connectivity index (χ1) is 9.25. The topological polar surface area (TPSA) is 29.1 Å². The first-order valence-corrected chi connectivity index (χ1v) is 8.46. The van der Waals surface area contributed by atoms with E-state index < -0.39 is 0 Å². The van der Waals surface area contributed by atoms with Crippen molar-refractivity contribution in [2.75, 3.05) is 0 Å². The minimum absolute atomic E-state index is 0.0637. The van der Waals surface area contributed by atoms with Crippen molar-refractivity contribution >= 4 is 43.3 Å². The Labute approximate surface area is 125 Å². The zero-order chi connectivity index (χ0) is 13.2. The van der Waals surface area contributed by atoms with Gasteiger partial charge in [-0.05, 0) is 18.9 Å². The van der Waals surface area contributed by atoms with Gasteiger partial charge < -0.3 is 5.32 Å². The molecule has 1 heterocycles. The van der Waals surface area contributed by atoms with Crippen LogP contribution in [0.4, 0.5) is 0 Å². The molecule has 3 rings (SSSR count). The van der Waals surface area contributed by atoms with Gasteiger partial charge in [0.1, 0.15) is 0 Å². The highest BCUT2D eigenvalue weighted by Crippen LogP contribution is 2.28. The molecule has 1 saturated carbocycles. The van der Waals surface area contributed by atoms with E-state index in [4.69, 9.17) is 0 Å². The first kappa shape index (κ1) is 13.1. The highest BCUT2D eigenvalue weighted by Gasteiger charge is 2.25. The van der Waals surface area contributed by atoms with Gasteiger partial charge in [0.2, 0.25) is 0 Å². The zero-order valence-corrected chi connectivity index (χ0v) is 13.0. The van der Waals surface area contributed by atoms with Crippen LogP contribution in [0.2, 0.25) is 0 Å². The number of rotatable bonds is 2. The van der Waals surface area contributed by atoms with Crippen molar-refractivity contribution < 1.29 is 4.79 Å². The van der Waals surface area contributed by atoms with Crippen molar-refractivity contribution in [1.29, 1.82) is 0 Å². The Balaban J connectivity index is 1.80. The molecular formula is C15H16BrNOS. The van der Waals surface area contributed by atoms with Gasteiger partial charge in [-0.3, -0.25) is 4.79 Å². The van der Waals surface area contributed by atoms with Crippen LogP contribution >= 0.6 is 27.3 Å². The lowest BCUT2D eigenvalue weighted by Crippen LogP contribution is -2.42. The minimum atomic E-state index is 0.0637. The van der Waals surface area contributed by atoms with E-state index in [-0.39, 0.29) is 11.9 Å². The molecule has 1 aromatic heterocycles. The summed E-state index contributed by atoms with van der Waals surface area (Å²) in [5, 5.41) is 6.21. The monoisotopic (exact) mass is 337 g/mol. The summed E-state index contributed by atoms with van der Waals surface area (Å²) in [6, 6.07) is 8.34. The Hall–Kier alpha value is -0.870. The minimum Gasteiger partial charge on any atom is -0.348 e. The molecule has 2 atom stereocenters. The van der Waals surface area contributed by atoms with E-state index in [0.717, 1.165) is 23.8 Å².